The lowest BCUT2D eigenvalue weighted by Gasteiger charge is -2.26. The first-order valence-electron chi connectivity index (χ1n) is 7.66. The highest BCUT2D eigenvalue weighted by Crippen LogP contribution is 2.43. The fraction of sp³-hybridized carbons (Fsp3) is 0.353. The summed E-state index contributed by atoms with van der Waals surface area (Å²) in [6.45, 7) is 2.93. The largest absolute Gasteiger partial charge is 0.456 e. The number of carbonyl (C=O) groups is 3. The van der Waals surface area contributed by atoms with E-state index in [0.717, 1.165) is 19.1 Å². The molecule has 2 aliphatic rings. The molecule has 0 N–H and O–H groups in total. The van der Waals surface area contributed by atoms with Gasteiger partial charge in [0.25, 0.3) is 5.78 Å². The van der Waals surface area contributed by atoms with Crippen molar-refractivity contribution in [2.75, 3.05) is 6.54 Å². The van der Waals surface area contributed by atoms with Crippen molar-refractivity contribution >= 4 is 29.3 Å². The molecule has 0 radical (unpaired) electrons. The smallest absolute Gasteiger partial charge is 0.308 e. The van der Waals surface area contributed by atoms with Crippen LogP contribution in [0.15, 0.2) is 29.8 Å². The van der Waals surface area contributed by atoms with Gasteiger partial charge in [0, 0.05) is 25.5 Å². The second kappa shape index (κ2) is 6.15. The predicted molar refractivity (Wildman–Crippen MR) is 84.6 cm³/mol. The lowest BCUT2D eigenvalue weighted by Crippen LogP contribution is -2.33. The van der Waals surface area contributed by atoms with E-state index in [0.29, 0.717) is 19.4 Å². The summed E-state index contributed by atoms with van der Waals surface area (Å²) in [6.07, 6.45) is 0.906. The molecule has 1 aromatic carbocycles. The number of ketones is 1. The second-order valence-electron chi connectivity index (χ2n) is 5.97. The average molecular weight is 368 g/mol. The zero-order valence-electron chi connectivity index (χ0n) is 13.6. The summed E-state index contributed by atoms with van der Waals surface area (Å²) in [6, 6.07) is 3.53. The number of amides is 1. The molecule has 2 heterocycles. The van der Waals surface area contributed by atoms with Crippen LogP contribution in [0, 0.1) is 5.82 Å². The molecule has 1 aromatic rings. The maximum Gasteiger partial charge on any atom is 0.308 e. The topological polar surface area (TPSA) is 72.9 Å². The summed E-state index contributed by atoms with van der Waals surface area (Å²) < 4.78 is 24.2. The SMILES string of the molecule is CC(=O)OC1=C(N2CCCC2=O)OC(C)(c2ccc(F)cc2Cl)C1=O. The number of ether oxygens (including phenoxy) is 2. The molecule has 132 valence electrons. The Bertz CT molecular complexity index is 821. The van der Waals surface area contributed by atoms with Crippen LogP contribution in [0.2, 0.25) is 5.02 Å². The lowest BCUT2D eigenvalue weighted by atomic mass is 9.91. The molecule has 0 spiro atoms. The first kappa shape index (κ1) is 17.4. The van der Waals surface area contributed by atoms with E-state index in [4.69, 9.17) is 21.1 Å². The van der Waals surface area contributed by atoms with Crippen molar-refractivity contribution in [2.45, 2.75) is 32.3 Å². The fourth-order valence-corrected chi connectivity index (χ4v) is 3.28. The number of benzene rings is 1. The first-order chi connectivity index (χ1) is 11.7. The van der Waals surface area contributed by atoms with Crippen LogP contribution in [0.25, 0.3) is 0 Å². The van der Waals surface area contributed by atoms with Crippen LogP contribution in [0.3, 0.4) is 0 Å². The van der Waals surface area contributed by atoms with Gasteiger partial charge in [-0.1, -0.05) is 17.7 Å². The molecule has 1 atom stereocenters. The first-order valence-corrected chi connectivity index (χ1v) is 8.04. The minimum Gasteiger partial charge on any atom is -0.456 e. The van der Waals surface area contributed by atoms with Gasteiger partial charge >= 0.3 is 5.97 Å². The highest BCUT2D eigenvalue weighted by molar-refractivity contribution is 6.32. The van der Waals surface area contributed by atoms with Gasteiger partial charge < -0.3 is 9.47 Å². The van der Waals surface area contributed by atoms with E-state index in [9.17, 15) is 18.8 Å². The van der Waals surface area contributed by atoms with Crippen LogP contribution in [-0.4, -0.2) is 29.1 Å². The molecule has 1 amide bonds. The normalized spacial score (nSPS) is 23.3. The Morgan fingerprint density at radius 1 is 1.40 bits per heavy atom. The molecule has 1 unspecified atom stereocenters. The number of Topliss-reactive ketones (excluding diaryl/α,β-unsaturated/α-hetero) is 1. The maximum atomic E-state index is 13.3. The van der Waals surface area contributed by atoms with Gasteiger partial charge in [0.1, 0.15) is 5.82 Å². The monoisotopic (exact) mass is 367 g/mol. The third kappa shape index (κ3) is 2.89. The predicted octanol–water partition coefficient (Wildman–Crippen LogP) is 2.65. The summed E-state index contributed by atoms with van der Waals surface area (Å²) in [5.41, 5.74) is -1.42. The van der Waals surface area contributed by atoms with E-state index in [1.165, 1.54) is 17.9 Å². The van der Waals surface area contributed by atoms with Gasteiger partial charge in [0.2, 0.25) is 23.2 Å². The Labute approximate surface area is 148 Å². The second-order valence-corrected chi connectivity index (χ2v) is 6.37. The van der Waals surface area contributed by atoms with Crippen LogP contribution in [0.1, 0.15) is 32.3 Å². The zero-order valence-corrected chi connectivity index (χ0v) is 14.4. The number of halogens is 2. The van der Waals surface area contributed by atoms with Gasteiger partial charge in [0.05, 0.1) is 5.02 Å². The van der Waals surface area contributed by atoms with E-state index in [-0.39, 0.29) is 28.1 Å². The van der Waals surface area contributed by atoms with Crippen LogP contribution in [0.5, 0.6) is 0 Å². The standard InChI is InChI=1S/C17H15ClFNO5/c1-9(21)24-14-15(23)17(2,11-6-5-10(19)8-12(11)18)25-16(14)20-7-3-4-13(20)22/h5-6,8H,3-4,7H2,1-2H3. The van der Waals surface area contributed by atoms with E-state index < -0.39 is 23.2 Å². The van der Waals surface area contributed by atoms with Gasteiger partial charge in [-0.2, -0.15) is 0 Å². The summed E-state index contributed by atoms with van der Waals surface area (Å²) in [4.78, 5) is 37.6. The van der Waals surface area contributed by atoms with E-state index >= 15 is 0 Å². The number of nitrogens with zero attached hydrogens (tertiary/aromatic N) is 1. The zero-order chi connectivity index (χ0) is 18.4. The van der Waals surface area contributed by atoms with Crippen LogP contribution >= 0.6 is 11.6 Å². The maximum absolute atomic E-state index is 13.3. The molecule has 25 heavy (non-hydrogen) atoms. The number of hydrogen-bond acceptors (Lipinski definition) is 5. The van der Waals surface area contributed by atoms with Crippen molar-refractivity contribution in [3.63, 3.8) is 0 Å². The van der Waals surface area contributed by atoms with E-state index in [1.807, 2.05) is 0 Å². The summed E-state index contributed by atoms with van der Waals surface area (Å²) >= 11 is 6.07. The Hall–Kier alpha value is -2.41. The minimum atomic E-state index is -1.63. The number of rotatable bonds is 3. The van der Waals surface area contributed by atoms with Crippen LogP contribution in [-0.2, 0) is 29.5 Å². The highest BCUT2D eigenvalue weighted by atomic mass is 35.5. The van der Waals surface area contributed by atoms with Crippen LogP contribution < -0.4 is 0 Å². The number of esters is 1. The van der Waals surface area contributed by atoms with Crippen molar-refractivity contribution in [3.05, 3.63) is 46.2 Å². The fourth-order valence-electron chi connectivity index (χ4n) is 2.93. The molecule has 2 aliphatic heterocycles. The molecule has 0 aromatic heterocycles. The Kier molecular flexibility index (Phi) is 4.28. The van der Waals surface area contributed by atoms with Gasteiger partial charge in [-0.05, 0) is 25.5 Å². The third-order valence-electron chi connectivity index (χ3n) is 4.14. The third-order valence-corrected chi connectivity index (χ3v) is 4.46. The molecule has 8 heteroatoms. The lowest BCUT2D eigenvalue weighted by molar-refractivity contribution is -0.142. The Morgan fingerprint density at radius 2 is 2.12 bits per heavy atom. The van der Waals surface area contributed by atoms with Gasteiger partial charge in [-0.3, -0.25) is 19.3 Å². The summed E-state index contributed by atoms with van der Waals surface area (Å²) in [5.74, 6) is -2.62. The quantitative estimate of drug-likeness (QED) is 0.768. The molecule has 3 rings (SSSR count). The molecular weight excluding hydrogens is 353 g/mol. The van der Waals surface area contributed by atoms with E-state index in [1.54, 1.807) is 0 Å². The molecular formula is C17H15ClFNO5. The van der Waals surface area contributed by atoms with Crippen LogP contribution in [0.4, 0.5) is 4.39 Å². The van der Waals surface area contributed by atoms with Crippen molar-refractivity contribution in [2.24, 2.45) is 0 Å². The Morgan fingerprint density at radius 3 is 2.68 bits per heavy atom. The van der Waals surface area contributed by atoms with Gasteiger partial charge in [0.15, 0.2) is 0 Å². The van der Waals surface area contributed by atoms with Crippen molar-refractivity contribution in [1.29, 1.82) is 0 Å². The molecule has 0 aliphatic carbocycles. The molecule has 0 saturated carbocycles. The number of hydrogen-bond donors (Lipinski definition) is 0. The van der Waals surface area contributed by atoms with Crippen molar-refractivity contribution in [1.82, 2.24) is 4.90 Å². The molecule has 1 saturated heterocycles. The molecule has 6 nitrogen and oxygen atoms in total. The molecule has 1 fully saturated rings. The molecule has 0 bridgehead atoms. The van der Waals surface area contributed by atoms with Gasteiger partial charge in [-0.25, -0.2) is 4.39 Å². The average Bonchev–Trinajstić information content (AvgIpc) is 3.04. The summed E-state index contributed by atoms with van der Waals surface area (Å²) in [7, 11) is 0. The van der Waals surface area contributed by atoms with E-state index in [2.05, 4.69) is 0 Å². The Balaban J connectivity index is 2.07. The summed E-state index contributed by atoms with van der Waals surface area (Å²) in [5, 5.41) is -0.00739. The number of likely N-dealkylation sites (tertiary alicyclic amines) is 1. The van der Waals surface area contributed by atoms with Gasteiger partial charge in [-0.15, -0.1) is 0 Å². The van der Waals surface area contributed by atoms with Crippen molar-refractivity contribution in [3.8, 4) is 0 Å². The van der Waals surface area contributed by atoms with Crippen molar-refractivity contribution < 1.29 is 28.2 Å². The highest BCUT2D eigenvalue weighted by Gasteiger charge is 2.52. The number of carbonyl (C=O) groups excluding carboxylic acids is 3. The minimum absolute atomic E-state index is 0.00739.